The topological polar surface area (TPSA) is 49.3 Å². The number of amides is 1. The highest BCUT2D eigenvalue weighted by Gasteiger charge is 2.63. The summed E-state index contributed by atoms with van der Waals surface area (Å²) in [6.45, 7) is 7.19. The largest absolute Gasteiger partial charge is 0.393 e. The summed E-state index contributed by atoms with van der Waals surface area (Å²) in [5.41, 5.74) is 1.66. The molecular weight excluding hydrogens is 286 g/mol. The molecule has 128 valence electrons. The van der Waals surface area contributed by atoms with Gasteiger partial charge in [0.25, 0.3) is 0 Å². The average molecular weight is 317 g/mol. The minimum absolute atomic E-state index is 0.0981. The predicted molar refractivity (Wildman–Crippen MR) is 90.5 cm³/mol. The van der Waals surface area contributed by atoms with Crippen molar-refractivity contribution in [2.24, 2.45) is 28.1 Å². The molecular formula is C20H31NO2. The van der Waals surface area contributed by atoms with Crippen LogP contribution in [0.1, 0.15) is 72.1 Å². The van der Waals surface area contributed by atoms with E-state index in [-0.39, 0.29) is 28.3 Å². The Morgan fingerprint density at radius 2 is 1.87 bits per heavy atom. The van der Waals surface area contributed by atoms with Gasteiger partial charge in [0.15, 0.2) is 0 Å². The zero-order valence-corrected chi connectivity index (χ0v) is 14.8. The Kier molecular flexibility index (Phi) is 3.30. The van der Waals surface area contributed by atoms with E-state index in [1.54, 1.807) is 0 Å². The molecule has 0 aromatic heterocycles. The molecule has 6 atom stereocenters. The van der Waals surface area contributed by atoms with Crippen molar-refractivity contribution in [3.8, 4) is 0 Å². The SMILES string of the molecule is C[C@@]12CC=C3NC(=O)CCC[C@]3(C)[C@H]1CC[C@]1(C)C(O)CC[C@@H]21. The second-order valence-electron chi connectivity index (χ2n) is 9.39. The predicted octanol–water partition coefficient (Wildman–Crippen LogP) is 3.77. The average Bonchev–Trinajstić information content (AvgIpc) is 2.70. The van der Waals surface area contributed by atoms with E-state index in [1.807, 2.05) is 0 Å². The molecule has 3 aliphatic carbocycles. The third kappa shape index (κ3) is 1.95. The molecule has 1 saturated heterocycles. The number of hydrogen-bond acceptors (Lipinski definition) is 2. The highest BCUT2D eigenvalue weighted by Crippen LogP contribution is 2.68. The van der Waals surface area contributed by atoms with Crippen LogP contribution in [0.25, 0.3) is 0 Å². The van der Waals surface area contributed by atoms with Crippen LogP contribution in [0.15, 0.2) is 11.8 Å². The molecule has 1 unspecified atom stereocenters. The third-order valence-corrected chi connectivity index (χ3v) is 8.35. The number of aliphatic hydroxyl groups is 1. The van der Waals surface area contributed by atoms with Gasteiger partial charge in [-0.15, -0.1) is 0 Å². The molecule has 3 nitrogen and oxygen atoms in total. The maximum absolute atomic E-state index is 12.0. The summed E-state index contributed by atoms with van der Waals surface area (Å²) in [6, 6.07) is 0. The molecule has 0 aromatic carbocycles. The number of rotatable bonds is 0. The first-order valence-corrected chi connectivity index (χ1v) is 9.49. The van der Waals surface area contributed by atoms with Gasteiger partial charge in [-0.1, -0.05) is 26.8 Å². The Labute approximate surface area is 139 Å². The van der Waals surface area contributed by atoms with Crippen LogP contribution >= 0.6 is 0 Å². The van der Waals surface area contributed by atoms with Crippen LogP contribution in [0.5, 0.6) is 0 Å². The van der Waals surface area contributed by atoms with Gasteiger partial charge in [-0.25, -0.2) is 0 Å². The van der Waals surface area contributed by atoms with E-state index in [0.29, 0.717) is 18.3 Å². The molecule has 1 amide bonds. The molecule has 0 spiro atoms. The number of carbonyl (C=O) groups is 1. The summed E-state index contributed by atoms with van der Waals surface area (Å²) in [6.07, 6.45) is 10.5. The van der Waals surface area contributed by atoms with E-state index in [9.17, 15) is 9.90 Å². The maximum atomic E-state index is 12.0. The Balaban J connectivity index is 1.76. The van der Waals surface area contributed by atoms with Gasteiger partial charge in [0.1, 0.15) is 0 Å². The number of hydrogen-bond donors (Lipinski definition) is 2. The fourth-order valence-corrected chi connectivity index (χ4v) is 7.07. The van der Waals surface area contributed by atoms with Crippen molar-refractivity contribution in [1.82, 2.24) is 5.32 Å². The van der Waals surface area contributed by atoms with Gasteiger partial charge in [-0.05, 0) is 67.6 Å². The summed E-state index contributed by atoms with van der Waals surface area (Å²) in [7, 11) is 0. The summed E-state index contributed by atoms with van der Waals surface area (Å²) in [5, 5.41) is 13.8. The normalized spacial score (nSPS) is 52.6. The van der Waals surface area contributed by atoms with E-state index in [4.69, 9.17) is 0 Å². The number of fused-ring (bicyclic) bond motifs is 5. The first-order chi connectivity index (χ1) is 10.8. The van der Waals surface area contributed by atoms with Crippen molar-refractivity contribution in [3.63, 3.8) is 0 Å². The first-order valence-electron chi connectivity index (χ1n) is 9.49. The molecule has 0 bridgehead atoms. The van der Waals surface area contributed by atoms with Gasteiger partial charge in [-0.3, -0.25) is 4.79 Å². The number of nitrogens with one attached hydrogen (secondary N) is 1. The fourth-order valence-electron chi connectivity index (χ4n) is 7.07. The van der Waals surface area contributed by atoms with Crippen LogP contribution in [-0.4, -0.2) is 17.1 Å². The summed E-state index contributed by atoms with van der Waals surface area (Å²) in [5.74, 6) is 1.43. The monoisotopic (exact) mass is 317 g/mol. The van der Waals surface area contributed by atoms with Crippen LogP contribution in [0.4, 0.5) is 0 Å². The molecule has 3 fully saturated rings. The van der Waals surface area contributed by atoms with Gasteiger partial charge in [-0.2, -0.15) is 0 Å². The second kappa shape index (κ2) is 4.84. The van der Waals surface area contributed by atoms with Crippen LogP contribution < -0.4 is 5.32 Å². The van der Waals surface area contributed by atoms with Gasteiger partial charge in [0.2, 0.25) is 5.91 Å². The Hall–Kier alpha value is -0.830. The first kappa shape index (κ1) is 15.7. The van der Waals surface area contributed by atoms with Gasteiger partial charge in [0.05, 0.1) is 6.10 Å². The molecule has 0 aromatic rings. The lowest BCUT2D eigenvalue weighted by molar-refractivity contribution is -0.122. The smallest absolute Gasteiger partial charge is 0.224 e. The molecule has 1 heterocycles. The minimum atomic E-state index is -0.128. The van der Waals surface area contributed by atoms with E-state index < -0.39 is 0 Å². The van der Waals surface area contributed by atoms with Crippen LogP contribution in [0, 0.1) is 28.1 Å². The zero-order valence-electron chi connectivity index (χ0n) is 14.8. The number of carbonyl (C=O) groups excluding carboxylic acids is 1. The van der Waals surface area contributed by atoms with Gasteiger partial charge < -0.3 is 10.4 Å². The van der Waals surface area contributed by atoms with Crippen molar-refractivity contribution in [2.75, 3.05) is 0 Å². The van der Waals surface area contributed by atoms with E-state index >= 15 is 0 Å². The van der Waals surface area contributed by atoms with E-state index in [2.05, 4.69) is 32.2 Å². The molecule has 23 heavy (non-hydrogen) atoms. The van der Waals surface area contributed by atoms with Crippen LogP contribution in [-0.2, 0) is 4.79 Å². The van der Waals surface area contributed by atoms with Crippen molar-refractivity contribution >= 4 is 5.91 Å². The molecule has 0 radical (unpaired) electrons. The van der Waals surface area contributed by atoms with Gasteiger partial charge in [0, 0.05) is 17.5 Å². The van der Waals surface area contributed by atoms with Crippen molar-refractivity contribution in [3.05, 3.63) is 11.8 Å². The highest BCUT2D eigenvalue weighted by molar-refractivity contribution is 5.78. The van der Waals surface area contributed by atoms with E-state index in [0.717, 1.165) is 38.5 Å². The summed E-state index contributed by atoms with van der Waals surface area (Å²) < 4.78 is 0. The lowest BCUT2D eigenvalue weighted by Crippen LogP contribution is -2.56. The van der Waals surface area contributed by atoms with E-state index in [1.165, 1.54) is 12.1 Å². The standard InChI is InChI=1S/C20H31NO2/c1-18-12-9-15-19(2,10-4-5-17(23)21-15)14(18)8-11-20(3)13(18)6-7-16(20)22/h9,13-14,16,22H,4-8,10-12H2,1-3H3,(H,21,23)/t13-,14-,16?,18-,19+,20-/m0/s1. The van der Waals surface area contributed by atoms with Crippen molar-refractivity contribution < 1.29 is 9.90 Å². The van der Waals surface area contributed by atoms with Crippen LogP contribution in [0.2, 0.25) is 0 Å². The lowest BCUT2D eigenvalue weighted by atomic mass is 9.44. The third-order valence-electron chi connectivity index (χ3n) is 8.35. The summed E-state index contributed by atoms with van der Waals surface area (Å²) >= 11 is 0. The number of aliphatic hydroxyl groups excluding tert-OH is 1. The molecule has 2 N–H and O–H groups in total. The molecule has 3 heteroatoms. The highest BCUT2D eigenvalue weighted by atomic mass is 16.3. The maximum Gasteiger partial charge on any atom is 0.224 e. The molecule has 4 aliphatic rings. The number of allylic oxidation sites excluding steroid dienone is 2. The van der Waals surface area contributed by atoms with Crippen molar-refractivity contribution in [2.45, 2.75) is 78.2 Å². The Morgan fingerprint density at radius 3 is 2.65 bits per heavy atom. The second-order valence-corrected chi connectivity index (χ2v) is 9.39. The molecule has 4 rings (SSSR count). The fraction of sp³-hybridized carbons (Fsp3) is 0.850. The lowest BCUT2D eigenvalue weighted by Gasteiger charge is -2.61. The molecule has 1 aliphatic heterocycles. The Bertz CT molecular complexity index is 570. The van der Waals surface area contributed by atoms with Crippen molar-refractivity contribution in [1.29, 1.82) is 0 Å². The summed E-state index contributed by atoms with van der Waals surface area (Å²) in [4.78, 5) is 12.0. The quantitative estimate of drug-likeness (QED) is 0.714. The minimum Gasteiger partial charge on any atom is -0.393 e. The zero-order chi connectivity index (χ0) is 16.5. The molecule has 2 saturated carbocycles. The Morgan fingerprint density at radius 1 is 1.09 bits per heavy atom. The van der Waals surface area contributed by atoms with Gasteiger partial charge >= 0.3 is 0 Å². The van der Waals surface area contributed by atoms with Crippen LogP contribution in [0.3, 0.4) is 0 Å².